The normalized spacial score (nSPS) is 22.0. The van der Waals surface area contributed by atoms with Gasteiger partial charge in [-0.05, 0) is 25.0 Å². The van der Waals surface area contributed by atoms with Crippen LogP contribution in [0.4, 0.5) is 5.82 Å². The highest BCUT2D eigenvalue weighted by Gasteiger charge is 2.68. The number of amides is 1. The van der Waals surface area contributed by atoms with Crippen molar-refractivity contribution >= 4 is 58.1 Å². The molecule has 122 valence electrons. The van der Waals surface area contributed by atoms with Crippen molar-refractivity contribution in [3.8, 4) is 0 Å². The number of benzene rings is 1. The lowest BCUT2D eigenvalue weighted by atomic mass is 10.1. The van der Waals surface area contributed by atoms with Gasteiger partial charge in [-0.2, -0.15) is 5.10 Å². The number of nitrogens with zero attached hydrogens (tertiary/aromatic N) is 2. The molecule has 4 nitrogen and oxygen atoms in total. The van der Waals surface area contributed by atoms with E-state index in [0.29, 0.717) is 28.8 Å². The zero-order chi connectivity index (χ0) is 16.8. The first-order valence-electron chi connectivity index (χ1n) is 6.88. The number of nitrogens with one attached hydrogen (secondary N) is 1. The van der Waals surface area contributed by atoms with E-state index >= 15 is 0 Å². The highest BCUT2D eigenvalue weighted by atomic mass is 35.5. The molecule has 1 saturated carbocycles. The summed E-state index contributed by atoms with van der Waals surface area (Å²) in [4.78, 5) is 12.4. The summed E-state index contributed by atoms with van der Waals surface area (Å²) >= 11 is 24.3. The third-order valence-corrected chi connectivity index (χ3v) is 6.03. The second kappa shape index (κ2) is 5.85. The van der Waals surface area contributed by atoms with Gasteiger partial charge in [0.25, 0.3) is 0 Å². The van der Waals surface area contributed by atoms with Crippen LogP contribution in [-0.2, 0) is 11.3 Å². The van der Waals surface area contributed by atoms with Gasteiger partial charge in [-0.1, -0.05) is 35.3 Å². The lowest BCUT2D eigenvalue weighted by molar-refractivity contribution is -0.120. The van der Waals surface area contributed by atoms with E-state index in [9.17, 15) is 4.79 Å². The number of rotatable bonds is 4. The molecular formula is C15H13Cl4N3O. The largest absolute Gasteiger partial charge is 0.310 e. The maximum Gasteiger partial charge on any atom is 0.234 e. The van der Waals surface area contributed by atoms with Gasteiger partial charge in [-0.15, -0.1) is 23.2 Å². The molecule has 1 heterocycles. The van der Waals surface area contributed by atoms with Crippen molar-refractivity contribution in [1.29, 1.82) is 0 Å². The Labute approximate surface area is 153 Å². The van der Waals surface area contributed by atoms with E-state index in [-0.39, 0.29) is 5.91 Å². The molecule has 1 aromatic heterocycles. The quantitative estimate of drug-likeness (QED) is 0.762. The Balaban J connectivity index is 1.78. The summed E-state index contributed by atoms with van der Waals surface area (Å²) in [7, 11) is 0. The molecule has 1 aliphatic carbocycles. The minimum absolute atomic E-state index is 0.235. The van der Waals surface area contributed by atoms with Crippen LogP contribution in [0.1, 0.15) is 18.9 Å². The van der Waals surface area contributed by atoms with Gasteiger partial charge in [-0.3, -0.25) is 4.79 Å². The van der Waals surface area contributed by atoms with Crippen LogP contribution in [0.3, 0.4) is 0 Å². The first kappa shape index (κ1) is 16.9. The molecule has 3 rings (SSSR count). The smallest absolute Gasteiger partial charge is 0.234 e. The Morgan fingerprint density at radius 3 is 2.70 bits per heavy atom. The highest BCUT2D eigenvalue weighted by molar-refractivity contribution is 6.53. The number of halogens is 4. The Kier molecular flexibility index (Phi) is 4.30. The van der Waals surface area contributed by atoms with Crippen LogP contribution in [0.25, 0.3) is 0 Å². The number of aromatic nitrogens is 2. The van der Waals surface area contributed by atoms with E-state index in [2.05, 4.69) is 10.4 Å². The van der Waals surface area contributed by atoms with Crippen molar-refractivity contribution in [3.63, 3.8) is 0 Å². The summed E-state index contributed by atoms with van der Waals surface area (Å²) in [5.41, 5.74) is 0.0128. The average Bonchev–Trinajstić information content (AvgIpc) is 2.81. The highest BCUT2D eigenvalue weighted by Crippen LogP contribution is 2.64. The average molecular weight is 393 g/mol. The third kappa shape index (κ3) is 3.05. The molecule has 8 heteroatoms. The molecule has 0 unspecified atom stereocenters. The maximum absolute atomic E-state index is 12.4. The standard InChI is InChI=1S/C15H13Cl4N3O/c1-14(8-15(14,18)19)13(23)21-11-5-6-20-22(11)7-9-3-2-4-10(16)12(9)17/h2-6H,7-8H2,1H3,(H,21,23)/t14-/m0/s1. The van der Waals surface area contributed by atoms with Crippen LogP contribution in [0, 0.1) is 5.41 Å². The molecule has 1 atom stereocenters. The number of hydrogen-bond donors (Lipinski definition) is 1. The fourth-order valence-corrected chi connectivity index (χ4v) is 3.38. The molecule has 0 aliphatic heterocycles. The molecule has 1 N–H and O–H groups in total. The predicted molar refractivity (Wildman–Crippen MR) is 93.6 cm³/mol. The Morgan fingerprint density at radius 1 is 1.35 bits per heavy atom. The minimum Gasteiger partial charge on any atom is -0.310 e. The van der Waals surface area contributed by atoms with Crippen molar-refractivity contribution in [1.82, 2.24) is 9.78 Å². The predicted octanol–water partition coefficient (Wildman–Crippen LogP) is 4.76. The molecule has 23 heavy (non-hydrogen) atoms. The van der Waals surface area contributed by atoms with Crippen LogP contribution in [0.5, 0.6) is 0 Å². The molecular weight excluding hydrogens is 380 g/mol. The summed E-state index contributed by atoms with van der Waals surface area (Å²) in [5, 5.41) is 7.97. The zero-order valence-corrected chi connectivity index (χ0v) is 15.1. The van der Waals surface area contributed by atoms with Gasteiger partial charge in [0.2, 0.25) is 5.91 Å². The van der Waals surface area contributed by atoms with Crippen molar-refractivity contribution in [2.24, 2.45) is 5.41 Å². The first-order chi connectivity index (χ1) is 10.7. The molecule has 0 spiro atoms. The van der Waals surface area contributed by atoms with E-state index in [1.165, 1.54) is 0 Å². The molecule has 0 bridgehead atoms. The van der Waals surface area contributed by atoms with Crippen LogP contribution < -0.4 is 5.32 Å². The Hall–Kier alpha value is -0.940. The van der Waals surface area contributed by atoms with Gasteiger partial charge in [0.1, 0.15) is 10.2 Å². The lowest BCUT2D eigenvalue weighted by Gasteiger charge is -2.14. The summed E-state index contributed by atoms with van der Waals surface area (Å²) in [6.45, 7) is 2.11. The zero-order valence-electron chi connectivity index (χ0n) is 12.1. The molecule has 1 aliphatic rings. The molecule has 0 saturated heterocycles. The number of anilines is 1. The summed E-state index contributed by atoms with van der Waals surface area (Å²) in [5.74, 6) is 0.310. The SMILES string of the molecule is C[C@@]1(C(=O)Nc2ccnn2Cc2cccc(Cl)c2Cl)CC1(Cl)Cl. The molecule has 0 radical (unpaired) electrons. The summed E-state index contributed by atoms with van der Waals surface area (Å²) < 4.78 is 0.615. The van der Waals surface area contributed by atoms with Crippen molar-refractivity contribution in [2.75, 3.05) is 5.32 Å². The molecule has 2 aromatic rings. The number of carbonyl (C=O) groups is 1. The van der Waals surface area contributed by atoms with Crippen LogP contribution in [-0.4, -0.2) is 20.0 Å². The second-order valence-corrected chi connectivity index (χ2v) is 8.02. The van der Waals surface area contributed by atoms with Crippen molar-refractivity contribution in [2.45, 2.75) is 24.2 Å². The van der Waals surface area contributed by atoms with Crippen molar-refractivity contribution < 1.29 is 4.79 Å². The van der Waals surface area contributed by atoms with E-state index in [0.717, 1.165) is 5.56 Å². The Morgan fingerprint density at radius 2 is 2.04 bits per heavy atom. The van der Waals surface area contributed by atoms with Gasteiger partial charge in [0.05, 0.1) is 28.2 Å². The first-order valence-corrected chi connectivity index (χ1v) is 8.40. The third-order valence-electron chi connectivity index (χ3n) is 4.07. The van der Waals surface area contributed by atoms with E-state index in [4.69, 9.17) is 46.4 Å². The lowest BCUT2D eigenvalue weighted by Crippen LogP contribution is -2.27. The van der Waals surface area contributed by atoms with Gasteiger partial charge in [0.15, 0.2) is 0 Å². The number of alkyl halides is 2. The van der Waals surface area contributed by atoms with Crippen LogP contribution in [0.15, 0.2) is 30.5 Å². The summed E-state index contributed by atoms with van der Waals surface area (Å²) in [6.07, 6.45) is 2.02. The fourth-order valence-electron chi connectivity index (χ4n) is 2.30. The molecule has 1 amide bonds. The van der Waals surface area contributed by atoms with Crippen molar-refractivity contribution in [3.05, 3.63) is 46.1 Å². The van der Waals surface area contributed by atoms with E-state index in [1.807, 2.05) is 12.1 Å². The van der Waals surface area contributed by atoms with Crippen LogP contribution >= 0.6 is 46.4 Å². The second-order valence-electron chi connectivity index (χ2n) is 5.75. The Bertz CT molecular complexity index is 774. The van der Waals surface area contributed by atoms with E-state index < -0.39 is 9.75 Å². The topological polar surface area (TPSA) is 46.9 Å². The monoisotopic (exact) mass is 391 g/mol. The fraction of sp³-hybridized carbons (Fsp3) is 0.333. The number of hydrogen-bond acceptors (Lipinski definition) is 2. The van der Waals surface area contributed by atoms with E-state index in [1.54, 1.807) is 29.9 Å². The summed E-state index contributed by atoms with van der Waals surface area (Å²) in [6, 6.07) is 7.08. The maximum atomic E-state index is 12.4. The van der Waals surface area contributed by atoms with Crippen LogP contribution in [0.2, 0.25) is 10.0 Å². The van der Waals surface area contributed by atoms with Gasteiger partial charge >= 0.3 is 0 Å². The minimum atomic E-state index is -1.02. The van der Waals surface area contributed by atoms with Gasteiger partial charge in [-0.25, -0.2) is 4.68 Å². The molecule has 1 aromatic carbocycles. The van der Waals surface area contributed by atoms with Gasteiger partial charge in [0, 0.05) is 6.07 Å². The van der Waals surface area contributed by atoms with Gasteiger partial charge < -0.3 is 5.32 Å². The molecule has 1 fully saturated rings. The number of carbonyl (C=O) groups excluding carboxylic acids is 1.